The van der Waals surface area contributed by atoms with Crippen molar-refractivity contribution in [1.82, 2.24) is 9.55 Å². The van der Waals surface area contributed by atoms with E-state index in [2.05, 4.69) is 4.98 Å². The molecule has 1 aliphatic rings. The Balaban J connectivity index is 1.98. The van der Waals surface area contributed by atoms with E-state index >= 15 is 0 Å². The molecule has 14 heteroatoms. The van der Waals surface area contributed by atoms with Gasteiger partial charge in [-0.1, -0.05) is 72.0 Å². The molecule has 0 aliphatic carbocycles. The third-order valence-corrected chi connectivity index (χ3v) is 9.31. The molecule has 0 radical (unpaired) electrons. The average molecular weight is 595 g/mol. The van der Waals surface area contributed by atoms with Crippen molar-refractivity contribution in [3.63, 3.8) is 0 Å². The molecule has 1 N–H and O–H groups in total. The van der Waals surface area contributed by atoms with E-state index in [1.54, 1.807) is 0 Å². The predicted molar refractivity (Wildman–Crippen MR) is 148 cm³/mol. The van der Waals surface area contributed by atoms with Crippen LogP contribution in [0, 0.1) is 16.7 Å². The Morgan fingerprint density at radius 2 is 1.55 bits per heavy atom. The second-order valence-corrected chi connectivity index (χ2v) is 14.9. The molecule has 0 spiro atoms. The smallest absolute Gasteiger partial charge is 0.352 e. The second-order valence-electron chi connectivity index (χ2n) is 11.1. The van der Waals surface area contributed by atoms with Crippen molar-refractivity contribution in [2.75, 3.05) is 31.3 Å². The van der Waals surface area contributed by atoms with Gasteiger partial charge in [0.05, 0.1) is 25.9 Å². The van der Waals surface area contributed by atoms with Gasteiger partial charge in [-0.05, 0) is 6.42 Å². The Bertz CT molecular complexity index is 1090. The summed E-state index contributed by atoms with van der Waals surface area (Å²) in [5.41, 5.74) is -2.12. The average Bonchev–Trinajstić information content (AvgIpc) is 3.17. The summed E-state index contributed by atoms with van der Waals surface area (Å²) in [4.78, 5) is 50.0. The van der Waals surface area contributed by atoms with Gasteiger partial charge < -0.3 is 4.74 Å². The van der Waals surface area contributed by atoms with Gasteiger partial charge >= 0.3 is 13.5 Å². The van der Waals surface area contributed by atoms with Crippen molar-refractivity contribution in [3.8, 4) is 0 Å². The van der Waals surface area contributed by atoms with Crippen LogP contribution in [0.3, 0.4) is 0 Å². The van der Waals surface area contributed by atoms with Crippen molar-refractivity contribution in [2.24, 2.45) is 16.7 Å². The van der Waals surface area contributed by atoms with E-state index in [4.69, 9.17) is 18.3 Å². The highest BCUT2D eigenvalue weighted by Crippen LogP contribution is 2.50. The van der Waals surface area contributed by atoms with Gasteiger partial charge in [-0.2, -0.15) is 0 Å². The lowest BCUT2D eigenvalue weighted by atomic mass is 9.99. The van der Waals surface area contributed by atoms with E-state index in [0.717, 1.165) is 23.5 Å². The first-order chi connectivity index (χ1) is 17.5. The highest BCUT2D eigenvalue weighted by Gasteiger charge is 2.37. The fourth-order valence-electron chi connectivity index (χ4n) is 3.28. The second kappa shape index (κ2) is 13.9. The van der Waals surface area contributed by atoms with Gasteiger partial charge in [-0.15, -0.1) is 0 Å². The number of phosphoric ester groups is 1. The zero-order chi connectivity index (χ0) is 28.7. The SMILES string of the molecule is C[C@H]1CC(COP(=O)(OCCSC(=O)C(C)(C)C)OCCSC(=O)C(C)(C)C)O[C@H]1n1ccc(=O)[nH]c1=O. The summed E-state index contributed by atoms with van der Waals surface area (Å²) in [5, 5.41) is -0.0431. The number of aromatic nitrogens is 2. The minimum atomic E-state index is -4.05. The van der Waals surface area contributed by atoms with Crippen LogP contribution in [0.4, 0.5) is 0 Å². The molecule has 38 heavy (non-hydrogen) atoms. The molecule has 11 nitrogen and oxygen atoms in total. The van der Waals surface area contributed by atoms with Crippen LogP contribution >= 0.6 is 31.3 Å². The molecule has 1 aliphatic heterocycles. The lowest BCUT2D eigenvalue weighted by Gasteiger charge is -2.21. The van der Waals surface area contributed by atoms with Gasteiger partial charge in [0, 0.05) is 40.5 Å². The number of aromatic amines is 1. The van der Waals surface area contributed by atoms with E-state index in [9.17, 15) is 23.7 Å². The van der Waals surface area contributed by atoms with Crippen LogP contribution in [-0.4, -0.2) is 57.2 Å². The van der Waals surface area contributed by atoms with E-state index in [0.29, 0.717) is 6.42 Å². The Hall–Kier alpha value is -1.21. The monoisotopic (exact) mass is 594 g/mol. The first-order valence-corrected chi connectivity index (χ1v) is 15.8. The minimum absolute atomic E-state index is 0.0215. The number of hydrogen-bond acceptors (Lipinski definition) is 11. The molecule has 1 unspecified atom stereocenters. The zero-order valence-corrected chi connectivity index (χ0v) is 25.5. The van der Waals surface area contributed by atoms with Gasteiger partial charge in [-0.25, -0.2) is 9.36 Å². The van der Waals surface area contributed by atoms with Crippen molar-refractivity contribution in [3.05, 3.63) is 33.1 Å². The number of phosphoric acid groups is 1. The molecule has 2 heterocycles. The first-order valence-electron chi connectivity index (χ1n) is 12.4. The molecule has 0 saturated carbocycles. The minimum Gasteiger partial charge on any atom is -0.352 e. The van der Waals surface area contributed by atoms with Crippen molar-refractivity contribution >= 4 is 41.6 Å². The summed E-state index contributed by atoms with van der Waals surface area (Å²) in [6, 6.07) is 1.24. The highest BCUT2D eigenvalue weighted by atomic mass is 32.2. The summed E-state index contributed by atoms with van der Waals surface area (Å²) >= 11 is 2.15. The van der Waals surface area contributed by atoms with E-state index < -0.39 is 42.2 Å². The van der Waals surface area contributed by atoms with E-state index in [1.165, 1.54) is 16.8 Å². The molecule has 2 rings (SSSR count). The molecule has 0 aromatic carbocycles. The van der Waals surface area contributed by atoms with Gasteiger partial charge in [-0.3, -0.25) is 37.5 Å². The van der Waals surface area contributed by atoms with Crippen molar-refractivity contribution in [1.29, 1.82) is 0 Å². The van der Waals surface area contributed by atoms with Gasteiger partial charge in [0.2, 0.25) is 0 Å². The molecule has 1 fully saturated rings. The fourth-order valence-corrected chi connectivity index (χ4v) is 6.30. The number of hydrogen-bond donors (Lipinski definition) is 1. The van der Waals surface area contributed by atoms with E-state index in [1.807, 2.05) is 48.5 Å². The third kappa shape index (κ3) is 10.4. The molecule has 1 saturated heterocycles. The highest BCUT2D eigenvalue weighted by molar-refractivity contribution is 8.14. The summed E-state index contributed by atoms with van der Waals surface area (Å²) in [7, 11) is -4.05. The molecule has 0 bridgehead atoms. The number of thioether (sulfide) groups is 2. The number of rotatable bonds is 12. The van der Waals surface area contributed by atoms with Gasteiger partial charge in [0.1, 0.15) is 6.23 Å². The maximum absolute atomic E-state index is 13.4. The maximum Gasteiger partial charge on any atom is 0.474 e. The van der Waals surface area contributed by atoms with E-state index in [-0.39, 0.29) is 47.5 Å². The lowest BCUT2D eigenvalue weighted by molar-refractivity contribution is -0.118. The molecular formula is C24H39N2O9PS2. The predicted octanol–water partition coefficient (Wildman–Crippen LogP) is 4.23. The summed E-state index contributed by atoms with van der Waals surface area (Å²) < 4.78 is 37.2. The van der Waals surface area contributed by atoms with Crippen LogP contribution in [0.1, 0.15) is 61.1 Å². The van der Waals surface area contributed by atoms with Crippen LogP contribution in [0.5, 0.6) is 0 Å². The number of nitrogens with one attached hydrogen (secondary N) is 1. The Kier molecular flexibility index (Phi) is 12.1. The number of ether oxygens (including phenoxy) is 1. The number of nitrogens with zero attached hydrogens (tertiary/aromatic N) is 1. The summed E-state index contributed by atoms with van der Waals surface area (Å²) in [6.45, 7) is 12.6. The number of H-pyrrole nitrogens is 1. The number of carbonyl (C=O) groups is 2. The van der Waals surface area contributed by atoms with Crippen LogP contribution in [0.25, 0.3) is 0 Å². The van der Waals surface area contributed by atoms with Crippen LogP contribution < -0.4 is 11.2 Å². The molecule has 1 aromatic rings. The molecular weight excluding hydrogens is 555 g/mol. The standard InChI is InChI=1S/C24H39N2O9PS2/c1-16-14-17(35-19(16)26-9-8-18(27)25-22(26)30)15-34-36(31,32-10-12-37-20(28)23(2,3)4)33-11-13-38-21(29)24(5,6)7/h8-9,16-17,19H,10-15H2,1-7H3,(H,25,27,30)/t16-,17?,19+/m0/s1. The molecule has 216 valence electrons. The van der Waals surface area contributed by atoms with Gasteiger partial charge in [0.25, 0.3) is 5.56 Å². The lowest BCUT2D eigenvalue weighted by Crippen LogP contribution is -2.33. The quantitative estimate of drug-likeness (QED) is 0.274. The normalized spacial score (nSPS) is 20.6. The van der Waals surface area contributed by atoms with Crippen LogP contribution in [0.2, 0.25) is 0 Å². The molecule has 1 aromatic heterocycles. The largest absolute Gasteiger partial charge is 0.474 e. The topological polar surface area (TPSA) is 143 Å². The Labute approximate surface area is 231 Å². The molecule has 0 amide bonds. The maximum atomic E-state index is 13.4. The Morgan fingerprint density at radius 3 is 2.03 bits per heavy atom. The molecule has 3 atom stereocenters. The van der Waals surface area contributed by atoms with Crippen molar-refractivity contribution < 1.29 is 32.5 Å². The van der Waals surface area contributed by atoms with Crippen LogP contribution in [0.15, 0.2) is 21.9 Å². The zero-order valence-electron chi connectivity index (χ0n) is 23.0. The first kappa shape index (κ1) is 33.0. The third-order valence-electron chi connectivity index (χ3n) is 5.35. The van der Waals surface area contributed by atoms with Crippen LogP contribution in [-0.2, 0) is 32.5 Å². The fraction of sp³-hybridized carbons (Fsp3) is 0.750. The number of carbonyl (C=O) groups excluding carboxylic acids is 2. The Morgan fingerprint density at radius 1 is 1.03 bits per heavy atom. The summed E-state index contributed by atoms with van der Waals surface area (Å²) in [5.74, 6) is 0.435. The summed E-state index contributed by atoms with van der Waals surface area (Å²) in [6.07, 6.45) is 0.731. The van der Waals surface area contributed by atoms with Crippen molar-refractivity contribution in [2.45, 2.75) is 67.2 Å². The van der Waals surface area contributed by atoms with Gasteiger partial charge in [0.15, 0.2) is 10.2 Å².